The number of rotatable bonds is 5. The van der Waals surface area contributed by atoms with Crippen LogP contribution >= 0.6 is 15.9 Å². The Morgan fingerprint density at radius 1 is 1.42 bits per heavy atom. The van der Waals surface area contributed by atoms with Gasteiger partial charge in [-0.2, -0.15) is 0 Å². The molecule has 2 rings (SSSR count). The zero-order valence-corrected chi connectivity index (χ0v) is 12.7. The van der Waals surface area contributed by atoms with Crippen molar-refractivity contribution in [3.05, 3.63) is 29.6 Å². The molecule has 0 saturated carbocycles. The van der Waals surface area contributed by atoms with Crippen LogP contribution in [0, 0.1) is 11.7 Å². The average molecular weight is 328 g/mol. The SMILES string of the molecule is CCCC(CBr)CN1C(=O)CCc2cc(F)ccc21. The lowest BCUT2D eigenvalue weighted by molar-refractivity contribution is -0.119. The Morgan fingerprint density at radius 3 is 2.89 bits per heavy atom. The van der Waals surface area contributed by atoms with Gasteiger partial charge in [-0.15, -0.1) is 0 Å². The molecule has 0 spiro atoms. The molecule has 0 fully saturated rings. The fourth-order valence-electron chi connectivity index (χ4n) is 2.61. The largest absolute Gasteiger partial charge is 0.312 e. The summed E-state index contributed by atoms with van der Waals surface area (Å²) in [6, 6.07) is 4.73. The zero-order valence-electron chi connectivity index (χ0n) is 11.2. The van der Waals surface area contributed by atoms with E-state index in [2.05, 4.69) is 22.9 Å². The van der Waals surface area contributed by atoms with Crippen LogP contribution in [0.2, 0.25) is 0 Å². The van der Waals surface area contributed by atoms with E-state index in [0.29, 0.717) is 18.8 Å². The van der Waals surface area contributed by atoms with E-state index in [-0.39, 0.29) is 11.7 Å². The molecule has 104 valence electrons. The number of carbonyl (C=O) groups excluding carboxylic acids is 1. The van der Waals surface area contributed by atoms with Crippen molar-refractivity contribution < 1.29 is 9.18 Å². The summed E-state index contributed by atoms with van der Waals surface area (Å²) in [5.74, 6) is 0.379. The molecule has 1 amide bonds. The minimum absolute atomic E-state index is 0.154. The minimum atomic E-state index is -0.223. The van der Waals surface area contributed by atoms with Crippen LogP contribution in [0.1, 0.15) is 31.7 Å². The molecule has 1 aliphatic rings. The van der Waals surface area contributed by atoms with Crippen molar-refractivity contribution in [3.8, 4) is 0 Å². The second kappa shape index (κ2) is 6.51. The standard InChI is InChI=1S/C15H19BrFNO/c1-2-3-11(9-16)10-18-14-6-5-13(17)8-12(14)4-7-15(18)19/h5-6,8,11H,2-4,7,9-10H2,1H3. The van der Waals surface area contributed by atoms with Crippen LogP contribution < -0.4 is 4.90 Å². The zero-order chi connectivity index (χ0) is 13.8. The third kappa shape index (κ3) is 3.35. The number of hydrogen-bond acceptors (Lipinski definition) is 1. The highest BCUT2D eigenvalue weighted by Gasteiger charge is 2.26. The van der Waals surface area contributed by atoms with E-state index in [1.807, 2.05) is 4.90 Å². The molecule has 1 atom stereocenters. The van der Waals surface area contributed by atoms with E-state index in [1.54, 1.807) is 12.1 Å². The first-order valence-corrected chi connectivity index (χ1v) is 7.92. The van der Waals surface area contributed by atoms with Crippen molar-refractivity contribution in [3.63, 3.8) is 0 Å². The van der Waals surface area contributed by atoms with Gasteiger partial charge >= 0.3 is 0 Å². The summed E-state index contributed by atoms with van der Waals surface area (Å²) in [5, 5.41) is 0.890. The maximum atomic E-state index is 13.3. The number of hydrogen-bond donors (Lipinski definition) is 0. The molecule has 4 heteroatoms. The minimum Gasteiger partial charge on any atom is -0.312 e. The first-order valence-electron chi connectivity index (χ1n) is 6.80. The number of halogens is 2. The fourth-order valence-corrected chi connectivity index (χ4v) is 3.14. The van der Waals surface area contributed by atoms with Crippen LogP contribution in [0.4, 0.5) is 10.1 Å². The molecule has 0 radical (unpaired) electrons. The van der Waals surface area contributed by atoms with Crippen molar-refractivity contribution >= 4 is 27.5 Å². The summed E-state index contributed by atoms with van der Waals surface area (Å²) < 4.78 is 13.3. The predicted octanol–water partition coefficient (Wildman–Crippen LogP) is 3.92. The van der Waals surface area contributed by atoms with E-state index >= 15 is 0 Å². The van der Waals surface area contributed by atoms with Crippen LogP contribution in [0.25, 0.3) is 0 Å². The average Bonchev–Trinajstić information content (AvgIpc) is 2.41. The molecule has 1 heterocycles. The number of benzene rings is 1. The van der Waals surface area contributed by atoms with Gasteiger partial charge in [0.15, 0.2) is 0 Å². The van der Waals surface area contributed by atoms with E-state index in [1.165, 1.54) is 6.07 Å². The smallest absolute Gasteiger partial charge is 0.227 e. The molecule has 0 bridgehead atoms. The van der Waals surface area contributed by atoms with E-state index in [4.69, 9.17) is 0 Å². The van der Waals surface area contributed by atoms with E-state index in [0.717, 1.165) is 36.0 Å². The summed E-state index contributed by atoms with van der Waals surface area (Å²) in [7, 11) is 0. The van der Waals surface area contributed by atoms with Crippen LogP contribution in [-0.2, 0) is 11.2 Å². The Labute approximate surface area is 122 Å². The van der Waals surface area contributed by atoms with Gasteiger partial charge in [0.1, 0.15) is 5.82 Å². The molecule has 0 saturated heterocycles. The molecule has 0 N–H and O–H groups in total. The second-order valence-electron chi connectivity index (χ2n) is 5.09. The maximum absolute atomic E-state index is 13.3. The Morgan fingerprint density at radius 2 is 2.21 bits per heavy atom. The van der Waals surface area contributed by atoms with Gasteiger partial charge in [0, 0.05) is 24.0 Å². The molecule has 0 aromatic heterocycles. The van der Waals surface area contributed by atoms with Gasteiger partial charge in [-0.05, 0) is 42.5 Å². The second-order valence-corrected chi connectivity index (χ2v) is 5.73. The predicted molar refractivity (Wildman–Crippen MR) is 79.3 cm³/mol. The van der Waals surface area contributed by atoms with Crippen LogP contribution in [0.15, 0.2) is 18.2 Å². The number of nitrogens with zero attached hydrogens (tertiary/aromatic N) is 1. The summed E-state index contributed by atoms with van der Waals surface area (Å²) in [6.45, 7) is 2.87. The third-order valence-electron chi connectivity index (χ3n) is 3.60. The molecule has 0 aliphatic carbocycles. The van der Waals surface area contributed by atoms with Crippen LogP contribution in [-0.4, -0.2) is 17.8 Å². The lowest BCUT2D eigenvalue weighted by Gasteiger charge is -2.32. The summed E-state index contributed by atoms with van der Waals surface area (Å²) in [5.41, 5.74) is 1.84. The van der Waals surface area contributed by atoms with Gasteiger partial charge in [0.2, 0.25) is 5.91 Å². The van der Waals surface area contributed by atoms with Gasteiger partial charge < -0.3 is 4.90 Å². The summed E-state index contributed by atoms with van der Waals surface area (Å²) >= 11 is 3.52. The maximum Gasteiger partial charge on any atom is 0.227 e. The van der Waals surface area contributed by atoms with E-state index in [9.17, 15) is 9.18 Å². The highest BCUT2D eigenvalue weighted by molar-refractivity contribution is 9.09. The quantitative estimate of drug-likeness (QED) is 0.751. The van der Waals surface area contributed by atoms with Crippen molar-refractivity contribution in [2.45, 2.75) is 32.6 Å². The molecule has 1 unspecified atom stereocenters. The normalized spacial score (nSPS) is 16.4. The Kier molecular flexibility index (Phi) is 4.97. The first kappa shape index (κ1) is 14.5. The summed E-state index contributed by atoms with van der Waals surface area (Å²) in [4.78, 5) is 13.9. The fraction of sp³-hybridized carbons (Fsp3) is 0.533. The van der Waals surface area contributed by atoms with Crippen LogP contribution in [0.5, 0.6) is 0 Å². The van der Waals surface area contributed by atoms with Crippen LogP contribution in [0.3, 0.4) is 0 Å². The lowest BCUT2D eigenvalue weighted by atomic mass is 9.98. The number of amides is 1. The molecule has 1 aliphatic heterocycles. The van der Waals surface area contributed by atoms with Gasteiger partial charge in [0.25, 0.3) is 0 Å². The molecule has 1 aromatic carbocycles. The highest BCUT2D eigenvalue weighted by atomic mass is 79.9. The Bertz CT molecular complexity index is 463. The van der Waals surface area contributed by atoms with Gasteiger partial charge in [-0.3, -0.25) is 4.79 Å². The number of anilines is 1. The number of aryl methyl sites for hydroxylation is 1. The summed E-state index contributed by atoms with van der Waals surface area (Å²) in [6.07, 6.45) is 3.33. The first-order chi connectivity index (χ1) is 9.15. The Balaban J connectivity index is 2.22. The van der Waals surface area contributed by atoms with E-state index < -0.39 is 0 Å². The molecular weight excluding hydrogens is 309 g/mol. The van der Waals surface area contributed by atoms with Crippen molar-refractivity contribution in [1.29, 1.82) is 0 Å². The lowest BCUT2D eigenvalue weighted by Crippen LogP contribution is -2.39. The molecular formula is C15H19BrFNO. The van der Waals surface area contributed by atoms with Gasteiger partial charge in [-0.25, -0.2) is 4.39 Å². The molecule has 19 heavy (non-hydrogen) atoms. The highest BCUT2D eigenvalue weighted by Crippen LogP contribution is 2.30. The van der Waals surface area contributed by atoms with Crippen molar-refractivity contribution in [2.24, 2.45) is 5.92 Å². The number of carbonyl (C=O) groups is 1. The third-order valence-corrected chi connectivity index (χ3v) is 4.51. The molecule has 2 nitrogen and oxygen atoms in total. The van der Waals surface area contributed by atoms with Gasteiger partial charge in [0.05, 0.1) is 0 Å². The van der Waals surface area contributed by atoms with Crippen molar-refractivity contribution in [1.82, 2.24) is 0 Å². The Hall–Kier alpha value is -0.900. The number of fused-ring (bicyclic) bond motifs is 1. The van der Waals surface area contributed by atoms with Gasteiger partial charge in [-0.1, -0.05) is 29.3 Å². The molecule has 1 aromatic rings. The monoisotopic (exact) mass is 327 g/mol. The topological polar surface area (TPSA) is 20.3 Å². The van der Waals surface area contributed by atoms with Crippen molar-refractivity contribution in [2.75, 3.05) is 16.8 Å². The number of alkyl halides is 1.